The van der Waals surface area contributed by atoms with Crippen molar-refractivity contribution >= 4 is 21.6 Å². The second-order valence-electron chi connectivity index (χ2n) is 7.38. The maximum absolute atomic E-state index is 13.0. The topological polar surface area (TPSA) is 83.5 Å². The Bertz CT molecular complexity index is 781. The number of likely N-dealkylation sites (tertiary alicyclic amines) is 1. The zero-order valence-corrected chi connectivity index (χ0v) is 16.6. The normalized spacial score (nSPS) is 25.3. The van der Waals surface area contributed by atoms with E-state index in [-0.39, 0.29) is 29.5 Å². The molecule has 3 heterocycles. The summed E-state index contributed by atoms with van der Waals surface area (Å²) in [6.45, 7) is 4.65. The molecule has 0 saturated carbocycles. The number of carbonyl (C=O) groups is 1. The first kappa shape index (κ1) is 19.1. The van der Waals surface area contributed by atoms with E-state index in [1.54, 1.807) is 13.0 Å². The molecule has 1 aromatic rings. The number of piperidine rings is 1. The maximum Gasteiger partial charge on any atom is 0.272 e. The molecule has 2 saturated heterocycles. The Morgan fingerprint density at radius 1 is 1.31 bits per heavy atom. The minimum Gasteiger partial charge on any atom is -0.356 e. The largest absolute Gasteiger partial charge is 0.356 e. The van der Waals surface area contributed by atoms with Gasteiger partial charge < -0.3 is 9.80 Å². The third kappa shape index (κ3) is 4.00. The van der Waals surface area contributed by atoms with E-state index in [9.17, 15) is 13.2 Å². The number of nitrogens with zero attached hydrogens (tertiary/aromatic N) is 4. The second-order valence-corrected chi connectivity index (χ2v) is 9.61. The summed E-state index contributed by atoms with van der Waals surface area (Å²) < 4.78 is 23.5. The van der Waals surface area contributed by atoms with Crippen LogP contribution in [0, 0.1) is 6.92 Å². The van der Waals surface area contributed by atoms with Gasteiger partial charge in [-0.1, -0.05) is 6.92 Å². The van der Waals surface area contributed by atoms with Gasteiger partial charge in [-0.2, -0.15) is 0 Å². The lowest BCUT2D eigenvalue weighted by molar-refractivity contribution is 0.0601. The first-order valence-electron chi connectivity index (χ1n) is 9.40. The Kier molecular flexibility index (Phi) is 5.50. The molecule has 0 N–H and O–H groups in total. The van der Waals surface area contributed by atoms with Crippen LogP contribution in [-0.2, 0) is 9.84 Å². The molecule has 7 nitrogen and oxygen atoms in total. The number of anilines is 1. The fraction of sp³-hybridized carbons (Fsp3) is 0.722. The molecule has 0 bridgehead atoms. The van der Waals surface area contributed by atoms with Crippen LogP contribution >= 0.6 is 0 Å². The van der Waals surface area contributed by atoms with E-state index in [4.69, 9.17) is 0 Å². The molecule has 2 atom stereocenters. The average Bonchev–Trinajstić information content (AvgIpc) is 2.99. The van der Waals surface area contributed by atoms with Gasteiger partial charge in [0.25, 0.3) is 5.91 Å². The molecule has 1 amide bonds. The molecule has 0 spiro atoms. The third-order valence-electron chi connectivity index (χ3n) is 5.52. The van der Waals surface area contributed by atoms with Crippen molar-refractivity contribution in [1.29, 1.82) is 0 Å². The minimum atomic E-state index is -2.97. The molecule has 0 radical (unpaired) electrons. The number of aromatic nitrogens is 2. The zero-order valence-electron chi connectivity index (χ0n) is 15.8. The highest BCUT2D eigenvalue weighted by Gasteiger charge is 2.32. The van der Waals surface area contributed by atoms with Gasteiger partial charge in [-0.25, -0.2) is 18.4 Å². The summed E-state index contributed by atoms with van der Waals surface area (Å²) in [6.07, 6.45) is 4.77. The van der Waals surface area contributed by atoms with Crippen molar-refractivity contribution in [3.05, 3.63) is 17.6 Å². The van der Waals surface area contributed by atoms with E-state index in [1.807, 2.05) is 16.8 Å². The summed E-state index contributed by atoms with van der Waals surface area (Å²) in [7, 11) is -1.13. The van der Waals surface area contributed by atoms with Crippen LogP contribution in [0.5, 0.6) is 0 Å². The molecule has 2 aliphatic heterocycles. The zero-order chi connectivity index (χ0) is 18.9. The quantitative estimate of drug-likeness (QED) is 0.792. The van der Waals surface area contributed by atoms with Gasteiger partial charge in [0.05, 0.1) is 11.5 Å². The molecule has 0 aromatic carbocycles. The summed E-state index contributed by atoms with van der Waals surface area (Å²) >= 11 is 0. The molecule has 3 rings (SSSR count). The summed E-state index contributed by atoms with van der Waals surface area (Å²) in [6, 6.07) is 1.88. The minimum absolute atomic E-state index is 0.0456. The predicted molar refractivity (Wildman–Crippen MR) is 101 cm³/mol. The Balaban J connectivity index is 1.84. The van der Waals surface area contributed by atoms with Crippen molar-refractivity contribution in [1.82, 2.24) is 14.9 Å². The van der Waals surface area contributed by atoms with Crippen LogP contribution in [-0.4, -0.2) is 66.4 Å². The Labute approximate surface area is 155 Å². The second kappa shape index (κ2) is 7.50. The molecule has 8 heteroatoms. The van der Waals surface area contributed by atoms with Crippen LogP contribution < -0.4 is 4.90 Å². The van der Waals surface area contributed by atoms with E-state index in [0.29, 0.717) is 23.8 Å². The lowest BCUT2D eigenvalue weighted by atomic mass is 9.99. The van der Waals surface area contributed by atoms with Crippen molar-refractivity contribution in [3.63, 3.8) is 0 Å². The molecular weight excluding hydrogens is 352 g/mol. The molecule has 2 unspecified atom stereocenters. The highest BCUT2D eigenvalue weighted by atomic mass is 32.2. The molecule has 144 valence electrons. The lowest BCUT2D eigenvalue weighted by Gasteiger charge is -2.35. The predicted octanol–water partition coefficient (Wildman–Crippen LogP) is 1.81. The van der Waals surface area contributed by atoms with Gasteiger partial charge in [0.2, 0.25) is 0 Å². The fourth-order valence-electron chi connectivity index (χ4n) is 3.95. The smallest absolute Gasteiger partial charge is 0.272 e. The molecular formula is C18H28N4O3S. The van der Waals surface area contributed by atoms with Crippen molar-refractivity contribution < 1.29 is 13.2 Å². The Morgan fingerprint density at radius 2 is 2.08 bits per heavy atom. The molecule has 26 heavy (non-hydrogen) atoms. The first-order valence-corrected chi connectivity index (χ1v) is 11.2. The summed E-state index contributed by atoms with van der Waals surface area (Å²) in [4.78, 5) is 25.7. The number of aryl methyl sites for hydroxylation is 1. The van der Waals surface area contributed by atoms with Gasteiger partial charge in [0, 0.05) is 31.7 Å². The van der Waals surface area contributed by atoms with Crippen molar-refractivity contribution in [2.75, 3.05) is 30.0 Å². The van der Waals surface area contributed by atoms with Crippen LogP contribution in [0.1, 0.15) is 55.3 Å². The Morgan fingerprint density at radius 3 is 2.73 bits per heavy atom. The highest BCUT2D eigenvalue weighted by Crippen LogP contribution is 2.25. The first-order chi connectivity index (χ1) is 12.3. The number of hydrogen-bond donors (Lipinski definition) is 0. The summed E-state index contributed by atoms with van der Waals surface area (Å²) in [5, 5.41) is 0. The van der Waals surface area contributed by atoms with Gasteiger partial charge in [0.15, 0.2) is 9.84 Å². The van der Waals surface area contributed by atoms with Gasteiger partial charge >= 0.3 is 0 Å². The van der Waals surface area contributed by atoms with Gasteiger partial charge in [-0.05, 0) is 39.0 Å². The number of carbonyl (C=O) groups excluding carboxylic acids is 1. The number of amides is 1. The van der Waals surface area contributed by atoms with Crippen molar-refractivity contribution in [2.24, 2.45) is 0 Å². The summed E-state index contributed by atoms with van der Waals surface area (Å²) in [5.74, 6) is 1.45. The average molecular weight is 381 g/mol. The highest BCUT2D eigenvalue weighted by molar-refractivity contribution is 7.91. The molecule has 1 aromatic heterocycles. The van der Waals surface area contributed by atoms with E-state index in [1.165, 1.54) is 0 Å². The van der Waals surface area contributed by atoms with Crippen LogP contribution in [0.3, 0.4) is 0 Å². The van der Waals surface area contributed by atoms with Crippen LogP contribution in [0.25, 0.3) is 0 Å². The van der Waals surface area contributed by atoms with Crippen LogP contribution in [0.15, 0.2) is 6.07 Å². The number of hydrogen-bond acceptors (Lipinski definition) is 6. The number of rotatable bonds is 4. The third-order valence-corrected chi connectivity index (χ3v) is 7.27. The van der Waals surface area contributed by atoms with E-state index >= 15 is 0 Å². The van der Waals surface area contributed by atoms with E-state index in [2.05, 4.69) is 16.9 Å². The van der Waals surface area contributed by atoms with Crippen LogP contribution in [0.4, 0.5) is 5.82 Å². The van der Waals surface area contributed by atoms with Crippen molar-refractivity contribution in [2.45, 2.75) is 58.0 Å². The van der Waals surface area contributed by atoms with Crippen LogP contribution in [0.2, 0.25) is 0 Å². The Hall–Kier alpha value is -1.70. The molecule has 2 fully saturated rings. The van der Waals surface area contributed by atoms with Gasteiger partial charge in [-0.15, -0.1) is 0 Å². The lowest BCUT2D eigenvalue weighted by Crippen LogP contribution is -2.44. The standard InChI is InChI=1S/C18H28N4O3S/c1-4-14-7-5-6-9-22(14)18(23)16-11-17(20-13(2)19-16)21(3)15-8-10-26(24,25)12-15/h11,14-15H,4-10,12H2,1-3H3. The molecule has 0 aliphatic carbocycles. The van der Waals surface area contributed by atoms with E-state index in [0.717, 1.165) is 32.2 Å². The number of sulfone groups is 1. The fourth-order valence-corrected chi connectivity index (χ4v) is 5.72. The monoisotopic (exact) mass is 380 g/mol. The van der Waals surface area contributed by atoms with Gasteiger partial charge in [0.1, 0.15) is 17.3 Å². The van der Waals surface area contributed by atoms with Crippen molar-refractivity contribution in [3.8, 4) is 0 Å². The SMILES string of the molecule is CCC1CCCCN1C(=O)c1cc(N(C)C2CCS(=O)(=O)C2)nc(C)n1. The van der Waals surface area contributed by atoms with Gasteiger partial charge in [-0.3, -0.25) is 4.79 Å². The maximum atomic E-state index is 13.0. The molecule has 2 aliphatic rings. The van der Waals surface area contributed by atoms with E-state index < -0.39 is 9.84 Å². The summed E-state index contributed by atoms with van der Waals surface area (Å²) in [5.41, 5.74) is 0.403.